The molecule has 0 aromatic carbocycles. The van der Waals surface area contributed by atoms with Crippen molar-refractivity contribution in [2.75, 3.05) is 6.54 Å². The Labute approximate surface area is 124 Å². The number of β-amino-alcohol motifs (C(OH)–C–C–N with tert-alkyl or cyclic N) is 1. The Hall–Kier alpha value is -1.47. The minimum Gasteiger partial charge on any atom is -0.390 e. The molecule has 1 aliphatic rings. The molecule has 1 aromatic rings. The Morgan fingerprint density at radius 3 is 2.62 bits per heavy atom. The van der Waals surface area contributed by atoms with Gasteiger partial charge in [0.2, 0.25) is 0 Å². The fourth-order valence-electron chi connectivity index (χ4n) is 2.99. The Kier molecular flexibility index (Phi) is 4.63. The summed E-state index contributed by atoms with van der Waals surface area (Å²) in [6.07, 6.45) is 4.00. The number of aryl methyl sites for hydroxylation is 1. The summed E-state index contributed by atoms with van der Waals surface area (Å²) in [5.41, 5.74) is 1.11. The van der Waals surface area contributed by atoms with Gasteiger partial charge in [-0.3, -0.25) is 14.8 Å². The predicted molar refractivity (Wildman–Crippen MR) is 79.2 cm³/mol. The molecule has 0 amide bonds. The highest BCUT2D eigenvalue weighted by Gasteiger charge is 2.34. The first-order valence-corrected chi connectivity index (χ1v) is 7.50. The first-order chi connectivity index (χ1) is 9.88. The lowest BCUT2D eigenvalue weighted by Gasteiger charge is -2.42. The summed E-state index contributed by atoms with van der Waals surface area (Å²) in [7, 11) is 0. The minimum absolute atomic E-state index is 0.0409. The molecule has 2 N–H and O–H groups in total. The number of nitrogens with one attached hydrogen (secondary N) is 1. The smallest absolute Gasteiger partial charge is 0.312 e. The third-order valence-electron chi connectivity index (χ3n) is 4.61. The molecule has 118 valence electrons. The van der Waals surface area contributed by atoms with Crippen LogP contribution in [0.15, 0.2) is 0 Å². The van der Waals surface area contributed by atoms with Crippen molar-refractivity contribution in [1.82, 2.24) is 15.1 Å². The van der Waals surface area contributed by atoms with Crippen LogP contribution in [0.1, 0.15) is 44.0 Å². The van der Waals surface area contributed by atoms with E-state index in [1.807, 2.05) is 0 Å². The lowest BCUT2D eigenvalue weighted by molar-refractivity contribution is -0.386. The standard InChI is InChI=1S/C14H24N4O3/c1-4-14(6-5-7-14)15-8-12(19)9-17-11(3)13(18(20)21)10(2)16-17/h12,15,19H,4-9H2,1-3H3. The molecule has 7 nitrogen and oxygen atoms in total. The second-order valence-corrected chi connectivity index (χ2v) is 5.98. The molecule has 1 heterocycles. The van der Waals surface area contributed by atoms with Crippen LogP contribution in [0, 0.1) is 24.0 Å². The van der Waals surface area contributed by atoms with E-state index in [1.165, 1.54) is 11.1 Å². The van der Waals surface area contributed by atoms with E-state index in [-0.39, 0.29) is 17.8 Å². The molecule has 1 atom stereocenters. The van der Waals surface area contributed by atoms with Crippen molar-refractivity contribution in [1.29, 1.82) is 0 Å². The molecular formula is C14H24N4O3. The minimum atomic E-state index is -0.605. The molecular weight excluding hydrogens is 272 g/mol. The second kappa shape index (κ2) is 6.11. The first kappa shape index (κ1) is 15.9. The molecule has 1 fully saturated rings. The van der Waals surface area contributed by atoms with E-state index in [9.17, 15) is 15.2 Å². The topological polar surface area (TPSA) is 93.2 Å². The Morgan fingerprint density at radius 1 is 1.52 bits per heavy atom. The van der Waals surface area contributed by atoms with Gasteiger partial charge in [-0.2, -0.15) is 5.10 Å². The molecule has 0 aliphatic heterocycles. The Morgan fingerprint density at radius 2 is 2.19 bits per heavy atom. The number of hydrogen-bond acceptors (Lipinski definition) is 5. The van der Waals surface area contributed by atoms with Crippen LogP contribution in [0.4, 0.5) is 5.69 Å². The molecule has 7 heteroatoms. The molecule has 21 heavy (non-hydrogen) atoms. The number of aromatic nitrogens is 2. The van der Waals surface area contributed by atoms with Crippen LogP contribution in [0.2, 0.25) is 0 Å². The summed E-state index contributed by atoms with van der Waals surface area (Å²) < 4.78 is 1.53. The molecule has 0 radical (unpaired) electrons. The Bertz CT molecular complexity index is 517. The van der Waals surface area contributed by atoms with E-state index in [0.717, 1.165) is 19.3 Å². The number of hydrogen-bond donors (Lipinski definition) is 2. The van der Waals surface area contributed by atoms with Crippen LogP contribution in [-0.2, 0) is 6.54 Å². The van der Waals surface area contributed by atoms with E-state index in [4.69, 9.17) is 0 Å². The highest BCUT2D eigenvalue weighted by molar-refractivity contribution is 5.39. The van der Waals surface area contributed by atoms with Gasteiger partial charge in [-0.05, 0) is 39.5 Å². The van der Waals surface area contributed by atoms with Crippen molar-refractivity contribution in [2.24, 2.45) is 0 Å². The summed E-state index contributed by atoms with van der Waals surface area (Å²) in [5.74, 6) is 0. The van der Waals surface area contributed by atoms with Gasteiger partial charge in [0.1, 0.15) is 11.4 Å². The maximum atomic E-state index is 11.0. The summed E-state index contributed by atoms with van der Waals surface area (Å²) in [5, 5.41) is 28.7. The van der Waals surface area contributed by atoms with Crippen LogP contribution < -0.4 is 5.32 Å². The summed E-state index contributed by atoms with van der Waals surface area (Å²) in [6, 6.07) is 0. The van der Waals surface area contributed by atoms with Gasteiger partial charge in [0.25, 0.3) is 0 Å². The van der Waals surface area contributed by atoms with Crippen molar-refractivity contribution in [2.45, 2.75) is 64.6 Å². The molecule has 1 aromatic heterocycles. The van der Waals surface area contributed by atoms with Crippen molar-refractivity contribution < 1.29 is 10.0 Å². The number of nitrogens with zero attached hydrogens (tertiary/aromatic N) is 3. The lowest BCUT2D eigenvalue weighted by atomic mass is 9.75. The van der Waals surface area contributed by atoms with Crippen LogP contribution in [0.5, 0.6) is 0 Å². The number of rotatable bonds is 7. The quantitative estimate of drug-likeness (QED) is 0.590. The Balaban J connectivity index is 1.95. The van der Waals surface area contributed by atoms with Gasteiger partial charge in [0.15, 0.2) is 0 Å². The molecule has 1 saturated carbocycles. The molecule has 0 bridgehead atoms. The normalized spacial score (nSPS) is 18.3. The first-order valence-electron chi connectivity index (χ1n) is 7.50. The van der Waals surface area contributed by atoms with Crippen molar-refractivity contribution in [3.8, 4) is 0 Å². The average Bonchev–Trinajstić information content (AvgIpc) is 2.63. The molecule has 1 unspecified atom stereocenters. The van der Waals surface area contributed by atoms with E-state index < -0.39 is 11.0 Å². The zero-order valence-corrected chi connectivity index (χ0v) is 12.9. The maximum absolute atomic E-state index is 11.0. The van der Waals surface area contributed by atoms with E-state index in [2.05, 4.69) is 17.3 Å². The van der Waals surface area contributed by atoms with Gasteiger partial charge in [-0.15, -0.1) is 0 Å². The summed E-state index contributed by atoms with van der Waals surface area (Å²) in [4.78, 5) is 10.5. The number of aliphatic hydroxyl groups is 1. The highest BCUT2D eigenvalue weighted by atomic mass is 16.6. The summed E-state index contributed by atoms with van der Waals surface area (Å²) >= 11 is 0. The fourth-order valence-corrected chi connectivity index (χ4v) is 2.99. The van der Waals surface area contributed by atoms with E-state index >= 15 is 0 Å². The third-order valence-corrected chi connectivity index (χ3v) is 4.61. The predicted octanol–water partition coefficient (Wildman–Crippen LogP) is 1.69. The molecule has 0 saturated heterocycles. The zero-order valence-electron chi connectivity index (χ0n) is 12.9. The maximum Gasteiger partial charge on any atom is 0.312 e. The van der Waals surface area contributed by atoms with Crippen molar-refractivity contribution in [3.05, 3.63) is 21.5 Å². The highest BCUT2D eigenvalue weighted by Crippen LogP contribution is 2.34. The van der Waals surface area contributed by atoms with Crippen LogP contribution in [0.25, 0.3) is 0 Å². The van der Waals surface area contributed by atoms with E-state index in [0.29, 0.717) is 17.9 Å². The SMILES string of the molecule is CCC1(NCC(O)Cn2nc(C)c([N+](=O)[O-])c2C)CCC1. The van der Waals surface area contributed by atoms with Crippen LogP contribution in [-0.4, -0.2) is 38.0 Å². The van der Waals surface area contributed by atoms with Gasteiger partial charge < -0.3 is 10.4 Å². The van der Waals surface area contributed by atoms with Gasteiger partial charge in [0.05, 0.1) is 17.6 Å². The lowest BCUT2D eigenvalue weighted by Crippen LogP contribution is -2.53. The van der Waals surface area contributed by atoms with Gasteiger partial charge in [0, 0.05) is 12.1 Å². The molecule has 2 rings (SSSR count). The van der Waals surface area contributed by atoms with Crippen molar-refractivity contribution >= 4 is 5.69 Å². The summed E-state index contributed by atoms with van der Waals surface area (Å²) in [6.45, 7) is 6.20. The molecule has 1 aliphatic carbocycles. The van der Waals surface area contributed by atoms with E-state index in [1.54, 1.807) is 13.8 Å². The number of nitro groups is 1. The largest absolute Gasteiger partial charge is 0.390 e. The van der Waals surface area contributed by atoms with Crippen LogP contribution >= 0.6 is 0 Å². The average molecular weight is 296 g/mol. The number of aliphatic hydroxyl groups excluding tert-OH is 1. The van der Waals surface area contributed by atoms with Gasteiger partial charge in [-0.25, -0.2) is 0 Å². The third kappa shape index (κ3) is 3.24. The second-order valence-electron chi connectivity index (χ2n) is 5.98. The van der Waals surface area contributed by atoms with Crippen molar-refractivity contribution in [3.63, 3.8) is 0 Å². The zero-order chi connectivity index (χ0) is 15.6. The van der Waals surface area contributed by atoms with Crippen LogP contribution in [0.3, 0.4) is 0 Å². The van der Waals surface area contributed by atoms with Gasteiger partial charge >= 0.3 is 5.69 Å². The molecule has 0 spiro atoms. The van der Waals surface area contributed by atoms with Gasteiger partial charge in [-0.1, -0.05) is 6.92 Å². The fraction of sp³-hybridized carbons (Fsp3) is 0.786. The monoisotopic (exact) mass is 296 g/mol.